The fourth-order valence-corrected chi connectivity index (χ4v) is 2.81. The Morgan fingerprint density at radius 1 is 1.00 bits per heavy atom. The van der Waals surface area contributed by atoms with Crippen LogP contribution < -0.4 is 4.74 Å². The maximum atomic E-state index is 13.6. The van der Waals surface area contributed by atoms with E-state index in [2.05, 4.69) is 19.9 Å². The van der Waals surface area contributed by atoms with Gasteiger partial charge in [-0.25, -0.2) is 23.7 Å². The first-order valence-electron chi connectivity index (χ1n) is 9.05. The Morgan fingerprint density at radius 3 is 2.69 bits per heavy atom. The zero-order valence-corrected chi connectivity index (χ0v) is 15.4. The summed E-state index contributed by atoms with van der Waals surface area (Å²) in [4.78, 5) is 15.4. The first-order chi connectivity index (χ1) is 14.2. The van der Waals surface area contributed by atoms with Crippen LogP contribution in [0.3, 0.4) is 0 Å². The highest BCUT2D eigenvalue weighted by atomic mass is 19.1. The summed E-state index contributed by atoms with van der Waals surface area (Å²) in [5, 5.41) is 0. The Labute approximate surface area is 165 Å². The lowest BCUT2D eigenvalue weighted by Crippen LogP contribution is -2.01. The molecule has 0 unspecified atom stereocenters. The highest BCUT2D eigenvalue weighted by molar-refractivity contribution is 5.68. The van der Waals surface area contributed by atoms with E-state index < -0.39 is 11.6 Å². The van der Waals surface area contributed by atoms with Gasteiger partial charge >= 0.3 is 0 Å². The molecule has 0 spiro atoms. The second kappa shape index (κ2) is 8.74. The quantitative estimate of drug-likeness (QED) is 0.456. The van der Waals surface area contributed by atoms with Gasteiger partial charge in [0.25, 0.3) is 0 Å². The topological polar surface area (TPSA) is 72.9 Å². The number of H-pyrrole nitrogens is 1. The van der Waals surface area contributed by atoms with Crippen LogP contribution in [0.25, 0.3) is 11.2 Å². The van der Waals surface area contributed by atoms with E-state index in [1.165, 1.54) is 6.33 Å². The van der Waals surface area contributed by atoms with Crippen LogP contribution in [-0.4, -0.2) is 26.5 Å². The van der Waals surface area contributed by atoms with E-state index >= 15 is 0 Å². The third-order valence-corrected chi connectivity index (χ3v) is 4.31. The number of aromatic amines is 1. The maximum Gasteiger partial charge on any atom is 0.180 e. The van der Waals surface area contributed by atoms with Crippen LogP contribution in [0.5, 0.6) is 5.75 Å². The molecule has 8 heteroatoms. The van der Waals surface area contributed by atoms with E-state index in [1.807, 2.05) is 12.1 Å². The van der Waals surface area contributed by atoms with Gasteiger partial charge in [0, 0.05) is 5.56 Å². The van der Waals surface area contributed by atoms with Crippen molar-refractivity contribution >= 4 is 11.2 Å². The minimum atomic E-state index is -0.490. The van der Waals surface area contributed by atoms with Gasteiger partial charge in [-0.15, -0.1) is 0 Å². The van der Waals surface area contributed by atoms with Crippen LogP contribution in [0, 0.1) is 11.6 Å². The Balaban J connectivity index is 1.23. The molecular formula is C21H18F2N4O2. The Bertz CT molecular complexity index is 1070. The molecule has 0 atom stereocenters. The van der Waals surface area contributed by atoms with Crippen molar-refractivity contribution in [2.75, 3.05) is 6.61 Å². The van der Waals surface area contributed by atoms with Crippen molar-refractivity contribution in [3.8, 4) is 5.75 Å². The average Bonchev–Trinajstić information content (AvgIpc) is 3.15. The molecular weight excluding hydrogens is 378 g/mol. The maximum absolute atomic E-state index is 13.6. The molecule has 0 aliphatic carbocycles. The van der Waals surface area contributed by atoms with E-state index in [0.29, 0.717) is 30.4 Å². The average molecular weight is 396 g/mol. The first kappa shape index (κ1) is 18.9. The molecule has 0 radical (unpaired) electrons. The molecule has 2 aromatic heterocycles. The van der Waals surface area contributed by atoms with Gasteiger partial charge < -0.3 is 14.5 Å². The largest absolute Gasteiger partial charge is 0.489 e. The lowest BCUT2D eigenvalue weighted by molar-refractivity contribution is 0.119. The van der Waals surface area contributed by atoms with Gasteiger partial charge in [0.1, 0.15) is 48.3 Å². The highest BCUT2D eigenvalue weighted by Crippen LogP contribution is 2.17. The lowest BCUT2D eigenvalue weighted by atomic mass is 10.1. The number of rotatable bonds is 8. The number of fused-ring (bicyclic) bond motifs is 1. The summed E-state index contributed by atoms with van der Waals surface area (Å²) in [7, 11) is 0. The molecule has 148 valence electrons. The summed E-state index contributed by atoms with van der Waals surface area (Å²) >= 11 is 0. The molecule has 0 aliphatic heterocycles. The molecule has 0 saturated carbocycles. The number of aromatic nitrogens is 4. The van der Waals surface area contributed by atoms with Crippen molar-refractivity contribution in [2.24, 2.45) is 0 Å². The molecule has 4 aromatic rings. The number of nitrogens with zero attached hydrogens (tertiary/aromatic N) is 3. The molecule has 6 nitrogen and oxygen atoms in total. The summed E-state index contributed by atoms with van der Waals surface area (Å²) in [6.07, 6.45) is 3.85. The SMILES string of the molecule is Fc1ccc(F)c(COc2ccc(CCOCc3nc4ncncc4[nH]3)cc2)c1. The van der Waals surface area contributed by atoms with Gasteiger partial charge in [-0.2, -0.15) is 0 Å². The molecule has 0 saturated heterocycles. The van der Waals surface area contributed by atoms with Gasteiger partial charge in [0.2, 0.25) is 0 Å². The normalized spacial score (nSPS) is 11.1. The lowest BCUT2D eigenvalue weighted by Gasteiger charge is -2.08. The number of hydrogen-bond acceptors (Lipinski definition) is 5. The van der Waals surface area contributed by atoms with E-state index in [0.717, 1.165) is 35.7 Å². The number of imidazole rings is 1. The molecule has 2 aromatic carbocycles. The summed E-state index contributed by atoms with van der Waals surface area (Å²) in [6.45, 7) is 0.849. The zero-order valence-electron chi connectivity index (χ0n) is 15.4. The first-order valence-corrected chi connectivity index (χ1v) is 9.05. The standard InChI is InChI=1S/C21H18F2N4O2/c22-16-3-6-18(23)15(9-16)11-29-17-4-1-14(2-5-17)7-8-28-12-20-26-19-10-24-13-25-21(19)27-20/h1-6,9-10,13H,7-8,11-12H2,(H,24,25,26,27). The van der Waals surface area contributed by atoms with Crippen LogP contribution >= 0.6 is 0 Å². The number of nitrogens with one attached hydrogen (secondary N) is 1. The molecule has 0 bridgehead atoms. The summed E-state index contributed by atoms with van der Waals surface area (Å²) in [6, 6.07) is 10.7. The zero-order chi connectivity index (χ0) is 20.1. The Kier molecular flexibility index (Phi) is 5.71. The van der Waals surface area contributed by atoms with Gasteiger partial charge in [0.15, 0.2) is 5.65 Å². The van der Waals surface area contributed by atoms with Crippen molar-refractivity contribution in [1.82, 2.24) is 19.9 Å². The van der Waals surface area contributed by atoms with E-state index in [9.17, 15) is 8.78 Å². The minimum Gasteiger partial charge on any atom is -0.489 e. The Hall–Kier alpha value is -3.39. The fraction of sp³-hybridized carbons (Fsp3) is 0.190. The van der Waals surface area contributed by atoms with Gasteiger partial charge in [0.05, 0.1) is 12.8 Å². The van der Waals surface area contributed by atoms with Crippen LogP contribution in [0.2, 0.25) is 0 Å². The predicted octanol–water partition coefficient (Wildman–Crippen LogP) is 3.97. The summed E-state index contributed by atoms with van der Waals surface area (Å²) in [5.41, 5.74) is 2.65. The molecule has 0 fully saturated rings. The van der Waals surface area contributed by atoms with Gasteiger partial charge in [-0.05, 0) is 42.3 Å². The van der Waals surface area contributed by atoms with Gasteiger partial charge in [-0.3, -0.25) is 0 Å². The van der Waals surface area contributed by atoms with Crippen molar-refractivity contribution in [2.45, 2.75) is 19.6 Å². The summed E-state index contributed by atoms with van der Waals surface area (Å²) in [5.74, 6) is 0.308. The third kappa shape index (κ3) is 4.91. The van der Waals surface area contributed by atoms with Crippen LogP contribution in [0.1, 0.15) is 17.0 Å². The smallest absolute Gasteiger partial charge is 0.180 e. The summed E-state index contributed by atoms with van der Waals surface area (Å²) < 4.78 is 38.0. The monoisotopic (exact) mass is 396 g/mol. The number of ether oxygens (including phenoxy) is 2. The number of halogens is 2. The molecule has 2 heterocycles. The molecule has 0 aliphatic rings. The minimum absolute atomic E-state index is 0.0338. The van der Waals surface area contributed by atoms with Crippen molar-refractivity contribution < 1.29 is 18.3 Å². The molecule has 29 heavy (non-hydrogen) atoms. The molecule has 1 N–H and O–H groups in total. The second-order valence-corrected chi connectivity index (χ2v) is 6.41. The van der Waals surface area contributed by atoms with Crippen molar-refractivity contribution in [1.29, 1.82) is 0 Å². The highest BCUT2D eigenvalue weighted by Gasteiger charge is 2.06. The molecule has 4 rings (SSSR count). The number of benzene rings is 2. The van der Waals surface area contributed by atoms with E-state index in [4.69, 9.17) is 9.47 Å². The Morgan fingerprint density at radius 2 is 1.86 bits per heavy atom. The van der Waals surface area contributed by atoms with E-state index in [-0.39, 0.29) is 12.2 Å². The van der Waals surface area contributed by atoms with Crippen LogP contribution in [0.15, 0.2) is 55.0 Å². The van der Waals surface area contributed by atoms with Gasteiger partial charge in [-0.1, -0.05) is 12.1 Å². The van der Waals surface area contributed by atoms with Crippen LogP contribution in [-0.2, 0) is 24.4 Å². The van der Waals surface area contributed by atoms with Crippen LogP contribution in [0.4, 0.5) is 8.78 Å². The predicted molar refractivity (Wildman–Crippen MR) is 102 cm³/mol. The molecule has 0 amide bonds. The second-order valence-electron chi connectivity index (χ2n) is 6.41. The van der Waals surface area contributed by atoms with Crippen molar-refractivity contribution in [3.63, 3.8) is 0 Å². The van der Waals surface area contributed by atoms with E-state index in [1.54, 1.807) is 18.3 Å². The number of hydrogen-bond donors (Lipinski definition) is 1. The third-order valence-electron chi connectivity index (χ3n) is 4.31. The van der Waals surface area contributed by atoms with Crippen molar-refractivity contribution in [3.05, 3.63) is 83.6 Å². The fourth-order valence-electron chi connectivity index (χ4n) is 2.81.